The number of benzene rings is 8. The summed E-state index contributed by atoms with van der Waals surface area (Å²) in [6.45, 7) is 0. The van der Waals surface area contributed by atoms with Gasteiger partial charge in [-0.05, 0) is 64.4 Å². The second-order valence-electron chi connectivity index (χ2n) is 13.3. The van der Waals surface area contributed by atoms with E-state index in [0.717, 1.165) is 61.3 Å². The number of fused-ring (bicyclic) bond motifs is 4. The van der Waals surface area contributed by atoms with Crippen molar-refractivity contribution in [1.82, 2.24) is 15.0 Å². The van der Waals surface area contributed by atoms with Gasteiger partial charge < -0.3 is 9.32 Å². The first-order chi connectivity index (χ1) is 26.7. The SMILES string of the molecule is c1ccc(-c2cccc(N(c3ccc4ccccc4c3)c3ccc4c(c3)oc3cccc(-c5nc(-c6ccccc6)nc(-c6ccccc6)n5)c34)c2)cc1. The van der Waals surface area contributed by atoms with Crippen LogP contribution in [0.4, 0.5) is 17.1 Å². The molecular weight excluding hydrogens is 661 g/mol. The standard InChI is InChI=1S/C49H32N4O/c1-4-14-33(15-5-1)38-22-12-23-39(30-38)53(40-27-26-34-16-10-11-21-37(34)31-40)41-28-29-42-45(32-41)54-44-25-13-24-43(46(42)44)49-51-47(35-17-6-2-7-18-35)50-48(52-49)36-19-8-3-9-20-36/h1-32H. The average molecular weight is 693 g/mol. The molecule has 0 fully saturated rings. The number of nitrogens with zero attached hydrogens (tertiary/aromatic N) is 4. The van der Waals surface area contributed by atoms with Gasteiger partial charge in [-0.15, -0.1) is 0 Å². The number of rotatable bonds is 7. The Labute approximate surface area is 312 Å². The minimum atomic E-state index is 0.593. The number of aromatic nitrogens is 3. The van der Waals surface area contributed by atoms with Gasteiger partial charge in [0.15, 0.2) is 17.5 Å². The molecule has 0 amide bonds. The van der Waals surface area contributed by atoms with Gasteiger partial charge in [0, 0.05) is 50.6 Å². The lowest BCUT2D eigenvalue weighted by Crippen LogP contribution is -2.10. The van der Waals surface area contributed by atoms with Gasteiger partial charge in [-0.1, -0.05) is 146 Å². The summed E-state index contributed by atoms with van der Waals surface area (Å²) in [5, 5.41) is 4.33. The fourth-order valence-electron chi connectivity index (χ4n) is 7.29. The van der Waals surface area contributed by atoms with Crippen LogP contribution in [0.5, 0.6) is 0 Å². The number of hydrogen-bond acceptors (Lipinski definition) is 5. The molecule has 10 rings (SSSR count). The van der Waals surface area contributed by atoms with Gasteiger partial charge in [0.25, 0.3) is 0 Å². The smallest absolute Gasteiger partial charge is 0.164 e. The molecule has 0 spiro atoms. The summed E-state index contributed by atoms with van der Waals surface area (Å²) >= 11 is 0. The molecule has 8 aromatic carbocycles. The number of furan rings is 1. The van der Waals surface area contributed by atoms with Gasteiger partial charge in [0.05, 0.1) is 0 Å². The van der Waals surface area contributed by atoms with Crippen LogP contribution in [0.25, 0.3) is 78.0 Å². The zero-order valence-electron chi connectivity index (χ0n) is 29.2. The monoisotopic (exact) mass is 692 g/mol. The highest BCUT2D eigenvalue weighted by atomic mass is 16.3. The summed E-state index contributed by atoms with van der Waals surface area (Å²) in [5.74, 6) is 1.83. The fourth-order valence-corrected chi connectivity index (χ4v) is 7.29. The molecule has 0 saturated carbocycles. The van der Waals surface area contributed by atoms with Crippen molar-refractivity contribution in [1.29, 1.82) is 0 Å². The molecule has 5 nitrogen and oxygen atoms in total. The predicted molar refractivity (Wildman–Crippen MR) is 221 cm³/mol. The van der Waals surface area contributed by atoms with Gasteiger partial charge in [0.2, 0.25) is 0 Å². The number of hydrogen-bond donors (Lipinski definition) is 0. The maximum Gasteiger partial charge on any atom is 0.164 e. The van der Waals surface area contributed by atoms with E-state index in [4.69, 9.17) is 19.4 Å². The van der Waals surface area contributed by atoms with Crippen LogP contribution in [0.1, 0.15) is 0 Å². The zero-order chi connectivity index (χ0) is 35.8. The largest absolute Gasteiger partial charge is 0.456 e. The highest BCUT2D eigenvalue weighted by Crippen LogP contribution is 2.42. The molecule has 0 radical (unpaired) electrons. The summed E-state index contributed by atoms with van der Waals surface area (Å²) in [6, 6.07) is 67.0. The first-order valence-corrected chi connectivity index (χ1v) is 18.0. The molecule has 0 saturated heterocycles. The molecule has 10 aromatic rings. The van der Waals surface area contributed by atoms with Gasteiger partial charge in [-0.25, -0.2) is 15.0 Å². The first-order valence-electron chi connectivity index (χ1n) is 18.0. The van der Waals surface area contributed by atoms with Crippen LogP contribution < -0.4 is 4.90 Å². The lowest BCUT2D eigenvalue weighted by Gasteiger charge is -2.26. The maximum atomic E-state index is 6.67. The maximum absolute atomic E-state index is 6.67. The molecule has 5 heteroatoms. The Bertz CT molecular complexity index is 2880. The Morgan fingerprint density at radius 1 is 0.352 bits per heavy atom. The van der Waals surface area contributed by atoms with Crippen molar-refractivity contribution in [2.45, 2.75) is 0 Å². The topological polar surface area (TPSA) is 55.1 Å². The van der Waals surface area contributed by atoms with E-state index in [1.54, 1.807) is 0 Å². The van der Waals surface area contributed by atoms with Crippen LogP contribution in [0, 0.1) is 0 Å². The lowest BCUT2D eigenvalue weighted by molar-refractivity contribution is 0.669. The van der Waals surface area contributed by atoms with Crippen LogP contribution >= 0.6 is 0 Å². The minimum Gasteiger partial charge on any atom is -0.456 e. The molecule has 0 atom stereocenters. The van der Waals surface area contributed by atoms with Crippen molar-refractivity contribution < 1.29 is 4.42 Å². The molecule has 2 aromatic heterocycles. The fraction of sp³-hybridized carbons (Fsp3) is 0. The van der Waals surface area contributed by atoms with E-state index in [1.807, 2.05) is 78.9 Å². The van der Waals surface area contributed by atoms with Gasteiger partial charge >= 0.3 is 0 Å². The normalized spacial score (nSPS) is 11.3. The van der Waals surface area contributed by atoms with Crippen LogP contribution in [0.3, 0.4) is 0 Å². The predicted octanol–water partition coefficient (Wildman–Crippen LogP) is 13.1. The summed E-state index contributed by atoms with van der Waals surface area (Å²) in [6.07, 6.45) is 0. The van der Waals surface area contributed by atoms with Crippen LogP contribution in [0.2, 0.25) is 0 Å². The van der Waals surface area contributed by atoms with Gasteiger partial charge in [0.1, 0.15) is 11.2 Å². The summed E-state index contributed by atoms with van der Waals surface area (Å²) < 4.78 is 6.67. The molecule has 0 aliphatic rings. The average Bonchev–Trinajstić information content (AvgIpc) is 3.63. The Balaban J connectivity index is 1.14. The van der Waals surface area contributed by atoms with Crippen molar-refractivity contribution in [2.75, 3.05) is 4.90 Å². The molecule has 0 aliphatic heterocycles. The van der Waals surface area contributed by atoms with E-state index in [-0.39, 0.29) is 0 Å². The third kappa shape index (κ3) is 5.74. The first kappa shape index (κ1) is 31.4. The Morgan fingerprint density at radius 2 is 0.907 bits per heavy atom. The highest BCUT2D eigenvalue weighted by molar-refractivity contribution is 6.12. The number of anilines is 3. The molecule has 0 bridgehead atoms. The minimum absolute atomic E-state index is 0.593. The van der Waals surface area contributed by atoms with Crippen molar-refractivity contribution in [3.8, 4) is 45.3 Å². The molecule has 2 heterocycles. The second-order valence-corrected chi connectivity index (χ2v) is 13.3. The third-order valence-corrected chi connectivity index (χ3v) is 9.88. The molecule has 254 valence electrons. The van der Waals surface area contributed by atoms with E-state index >= 15 is 0 Å². The van der Waals surface area contributed by atoms with E-state index < -0.39 is 0 Å². The zero-order valence-corrected chi connectivity index (χ0v) is 29.2. The summed E-state index contributed by atoms with van der Waals surface area (Å²) in [4.78, 5) is 17.3. The molecule has 0 unspecified atom stereocenters. The van der Waals surface area contributed by atoms with E-state index in [2.05, 4.69) is 120 Å². The quantitative estimate of drug-likeness (QED) is 0.166. The Kier molecular flexibility index (Phi) is 7.73. The van der Waals surface area contributed by atoms with E-state index in [1.165, 1.54) is 16.3 Å². The Hall–Kier alpha value is -7.37. The molecular formula is C49H32N4O. The van der Waals surface area contributed by atoms with E-state index in [0.29, 0.717) is 17.5 Å². The molecule has 0 aliphatic carbocycles. The molecule has 54 heavy (non-hydrogen) atoms. The van der Waals surface area contributed by atoms with Crippen molar-refractivity contribution >= 4 is 49.8 Å². The van der Waals surface area contributed by atoms with Crippen LogP contribution in [-0.2, 0) is 0 Å². The van der Waals surface area contributed by atoms with Gasteiger partial charge in [-0.2, -0.15) is 0 Å². The van der Waals surface area contributed by atoms with Crippen molar-refractivity contribution in [2.24, 2.45) is 0 Å². The Morgan fingerprint density at radius 3 is 1.63 bits per heavy atom. The van der Waals surface area contributed by atoms with Crippen LogP contribution in [-0.4, -0.2) is 15.0 Å². The van der Waals surface area contributed by atoms with E-state index in [9.17, 15) is 0 Å². The second kappa shape index (κ2) is 13.3. The summed E-state index contributed by atoms with van der Waals surface area (Å²) in [5.41, 5.74) is 9.70. The van der Waals surface area contributed by atoms with Gasteiger partial charge in [-0.3, -0.25) is 0 Å². The van der Waals surface area contributed by atoms with Crippen molar-refractivity contribution in [3.63, 3.8) is 0 Å². The highest BCUT2D eigenvalue weighted by Gasteiger charge is 2.20. The van der Waals surface area contributed by atoms with Crippen LogP contribution in [0.15, 0.2) is 199 Å². The summed E-state index contributed by atoms with van der Waals surface area (Å²) in [7, 11) is 0. The van der Waals surface area contributed by atoms with Crippen molar-refractivity contribution in [3.05, 3.63) is 194 Å². The lowest BCUT2D eigenvalue weighted by atomic mass is 10.0. The molecule has 0 N–H and O–H groups in total. The third-order valence-electron chi connectivity index (χ3n) is 9.88.